The smallest absolute Gasteiger partial charge is 0.275 e. The maximum Gasteiger partial charge on any atom is 0.275 e. The molecular formula is C14H18N2O4S. The average molecular weight is 310 g/mol. The normalized spacial score (nSPS) is 11.8. The molecule has 114 valence electrons. The summed E-state index contributed by atoms with van der Waals surface area (Å²) in [6.07, 6.45) is 0. The van der Waals surface area contributed by atoms with Gasteiger partial charge in [0.05, 0.1) is 13.2 Å². The van der Waals surface area contributed by atoms with E-state index in [4.69, 9.17) is 9.52 Å². The van der Waals surface area contributed by atoms with Gasteiger partial charge in [0.1, 0.15) is 5.76 Å². The topological polar surface area (TPSA) is 82.8 Å². The van der Waals surface area contributed by atoms with E-state index in [-0.39, 0.29) is 11.7 Å². The summed E-state index contributed by atoms with van der Waals surface area (Å²) in [7, 11) is -0.635. The molecule has 7 heteroatoms. The Balaban J connectivity index is 2.06. The Hall–Kier alpha value is -1.83. The zero-order chi connectivity index (χ0) is 15.5. The van der Waals surface area contributed by atoms with Gasteiger partial charge in [0.15, 0.2) is 0 Å². The van der Waals surface area contributed by atoms with E-state index >= 15 is 0 Å². The number of sulfonamides is 1. The second kappa shape index (κ2) is 6.30. The molecule has 2 rings (SSSR count). The van der Waals surface area contributed by atoms with Gasteiger partial charge in [-0.2, -0.15) is 0 Å². The minimum absolute atomic E-state index is 0.0263. The van der Waals surface area contributed by atoms with Crippen LogP contribution in [0.2, 0.25) is 0 Å². The Morgan fingerprint density at radius 1 is 1.24 bits per heavy atom. The maximum atomic E-state index is 11.9. The third-order valence-corrected chi connectivity index (χ3v) is 4.64. The van der Waals surface area contributed by atoms with Crippen LogP contribution in [0.1, 0.15) is 11.3 Å². The van der Waals surface area contributed by atoms with Crippen LogP contribution in [0.4, 0.5) is 5.69 Å². The highest BCUT2D eigenvalue weighted by molar-refractivity contribution is 7.88. The molecule has 0 aliphatic heterocycles. The Morgan fingerprint density at radius 3 is 2.67 bits per heavy atom. The minimum atomic E-state index is -3.54. The number of furan rings is 1. The molecule has 6 nitrogen and oxygen atoms in total. The molecule has 0 radical (unpaired) electrons. The molecular weight excluding hydrogens is 292 g/mol. The largest absolute Gasteiger partial charge is 0.446 e. The number of nitrogens with one attached hydrogen (secondary N) is 1. The molecule has 2 N–H and O–H groups in total. The Bertz CT molecular complexity index is 707. The van der Waals surface area contributed by atoms with Gasteiger partial charge in [0.2, 0.25) is 5.09 Å². The second-order valence-electron chi connectivity index (χ2n) is 4.72. The Kier molecular flexibility index (Phi) is 4.66. The fourth-order valence-electron chi connectivity index (χ4n) is 1.74. The summed E-state index contributed by atoms with van der Waals surface area (Å²) in [5.41, 5.74) is 1.63. The quantitative estimate of drug-likeness (QED) is 0.847. The van der Waals surface area contributed by atoms with Crippen LogP contribution >= 0.6 is 0 Å². The molecule has 0 atom stereocenters. The molecule has 1 aromatic carbocycles. The van der Waals surface area contributed by atoms with Gasteiger partial charge in [-0.1, -0.05) is 12.1 Å². The van der Waals surface area contributed by atoms with Crippen LogP contribution in [0.25, 0.3) is 0 Å². The van der Waals surface area contributed by atoms with E-state index in [1.165, 1.54) is 20.2 Å². The second-order valence-corrected chi connectivity index (χ2v) is 6.80. The first-order valence-corrected chi connectivity index (χ1v) is 7.82. The summed E-state index contributed by atoms with van der Waals surface area (Å²) in [5.74, 6) is 0.518. The van der Waals surface area contributed by atoms with Crippen molar-refractivity contribution >= 4 is 15.7 Å². The molecule has 0 fully saturated rings. The molecule has 0 aliphatic rings. The summed E-state index contributed by atoms with van der Waals surface area (Å²) in [6.45, 7) is 0.333. The first-order valence-electron chi connectivity index (χ1n) is 6.38. The minimum Gasteiger partial charge on any atom is -0.446 e. The number of anilines is 1. The number of aliphatic hydroxyl groups is 1. The molecule has 2 aromatic rings. The summed E-state index contributed by atoms with van der Waals surface area (Å²) in [4.78, 5) is 0. The van der Waals surface area contributed by atoms with Gasteiger partial charge in [0.25, 0.3) is 10.0 Å². The van der Waals surface area contributed by atoms with E-state index in [0.29, 0.717) is 12.3 Å². The first kappa shape index (κ1) is 15.6. The van der Waals surface area contributed by atoms with Gasteiger partial charge in [-0.05, 0) is 29.8 Å². The fraction of sp³-hybridized carbons (Fsp3) is 0.286. The van der Waals surface area contributed by atoms with E-state index in [1.807, 2.05) is 24.3 Å². The van der Waals surface area contributed by atoms with Crippen molar-refractivity contribution in [1.82, 2.24) is 4.31 Å². The fourth-order valence-corrected chi connectivity index (χ4v) is 2.55. The van der Waals surface area contributed by atoms with Crippen molar-refractivity contribution in [3.8, 4) is 0 Å². The van der Waals surface area contributed by atoms with Crippen molar-refractivity contribution in [2.75, 3.05) is 19.4 Å². The number of benzene rings is 1. The molecule has 0 unspecified atom stereocenters. The summed E-state index contributed by atoms with van der Waals surface area (Å²) >= 11 is 0. The molecule has 0 saturated heterocycles. The van der Waals surface area contributed by atoms with Crippen molar-refractivity contribution in [1.29, 1.82) is 0 Å². The lowest BCUT2D eigenvalue weighted by Crippen LogP contribution is -2.21. The Labute approximate surface area is 124 Å². The summed E-state index contributed by atoms with van der Waals surface area (Å²) < 4.78 is 30.2. The zero-order valence-corrected chi connectivity index (χ0v) is 12.7. The van der Waals surface area contributed by atoms with Crippen LogP contribution in [0.3, 0.4) is 0 Å². The van der Waals surface area contributed by atoms with Crippen molar-refractivity contribution in [2.24, 2.45) is 0 Å². The van der Waals surface area contributed by atoms with Gasteiger partial charge >= 0.3 is 0 Å². The number of hydrogen-bond acceptors (Lipinski definition) is 5. The highest BCUT2D eigenvalue weighted by atomic mass is 32.2. The zero-order valence-electron chi connectivity index (χ0n) is 11.9. The number of nitrogens with zero attached hydrogens (tertiary/aromatic N) is 1. The molecule has 21 heavy (non-hydrogen) atoms. The molecule has 1 heterocycles. The number of rotatable bonds is 6. The molecule has 0 saturated carbocycles. The van der Waals surface area contributed by atoms with E-state index in [9.17, 15) is 8.42 Å². The SMILES string of the molecule is CN(C)S(=O)(=O)c1ccc(CNc2cccc(CO)c2)o1. The lowest BCUT2D eigenvalue weighted by molar-refractivity contribution is 0.282. The summed E-state index contributed by atoms with van der Waals surface area (Å²) in [6, 6.07) is 10.4. The van der Waals surface area contributed by atoms with Crippen molar-refractivity contribution in [3.05, 3.63) is 47.7 Å². The molecule has 0 amide bonds. The summed E-state index contributed by atoms with van der Waals surface area (Å²) in [5, 5.41) is 12.1. The van der Waals surface area contributed by atoms with Gasteiger partial charge in [-0.25, -0.2) is 12.7 Å². The van der Waals surface area contributed by atoms with Gasteiger partial charge in [-0.15, -0.1) is 0 Å². The van der Waals surface area contributed by atoms with Crippen LogP contribution in [0.5, 0.6) is 0 Å². The highest BCUT2D eigenvalue weighted by Gasteiger charge is 2.21. The van der Waals surface area contributed by atoms with Crippen LogP contribution in [-0.4, -0.2) is 31.9 Å². The van der Waals surface area contributed by atoms with Crippen molar-refractivity contribution in [2.45, 2.75) is 18.2 Å². The molecule has 0 bridgehead atoms. The first-order chi connectivity index (χ1) is 9.93. The van der Waals surface area contributed by atoms with Crippen molar-refractivity contribution < 1.29 is 17.9 Å². The molecule has 1 aromatic heterocycles. The van der Waals surface area contributed by atoms with Crippen molar-refractivity contribution in [3.63, 3.8) is 0 Å². The molecule has 0 spiro atoms. The predicted octanol–water partition coefficient (Wildman–Crippen LogP) is 1.63. The van der Waals surface area contributed by atoms with E-state index in [0.717, 1.165) is 15.6 Å². The monoisotopic (exact) mass is 310 g/mol. The van der Waals surface area contributed by atoms with Crippen LogP contribution in [-0.2, 0) is 23.2 Å². The van der Waals surface area contributed by atoms with Crippen LogP contribution in [0, 0.1) is 0 Å². The predicted molar refractivity (Wildman–Crippen MR) is 79.3 cm³/mol. The van der Waals surface area contributed by atoms with Gasteiger partial charge in [-0.3, -0.25) is 0 Å². The Morgan fingerprint density at radius 2 is 2.00 bits per heavy atom. The third-order valence-electron chi connectivity index (χ3n) is 2.95. The lowest BCUT2D eigenvalue weighted by Gasteiger charge is -2.08. The maximum absolute atomic E-state index is 11.9. The number of hydrogen-bond donors (Lipinski definition) is 2. The average Bonchev–Trinajstić information content (AvgIpc) is 2.94. The van der Waals surface area contributed by atoms with Crippen LogP contribution < -0.4 is 5.32 Å². The lowest BCUT2D eigenvalue weighted by atomic mass is 10.2. The van der Waals surface area contributed by atoms with Gasteiger partial charge < -0.3 is 14.8 Å². The standard InChI is InChI=1S/C14H18N2O4S/c1-16(2)21(18,19)14-7-6-13(20-14)9-15-12-5-3-4-11(8-12)10-17/h3-8,15,17H,9-10H2,1-2H3. The molecule has 0 aliphatic carbocycles. The van der Waals surface area contributed by atoms with Crippen LogP contribution in [0.15, 0.2) is 45.9 Å². The highest BCUT2D eigenvalue weighted by Crippen LogP contribution is 2.18. The van der Waals surface area contributed by atoms with Gasteiger partial charge in [0, 0.05) is 19.8 Å². The van der Waals surface area contributed by atoms with E-state index in [2.05, 4.69) is 5.32 Å². The van der Waals surface area contributed by atoms with E-state index in [1.54, 1.807) is 6.07 Å². The number of aliphatic hydroxyl groups excluding tert-OH is 1. The third kappa shape index (κ3) is 3.63. The van der Waals surface area contributed by atoms with E-state index < -0.39 is 10.0 Å².